The van der Waals surface area contributed by atoms with E-state index in [-0.39, 0.29) is 11.9 Å². The Kier molecular flexibility index (Phi) is 3.40. The van der Waals surface area contributed by atoms with Gasteiger partial charge in [0.2, 0.25) is 0 Å². The van der Waals surface area contributed by atoms with Crippen molar-refractivity contribution in [2.24, 2.45) is 0 Å². The lowest BCUT2D eigenvalue weighted by Gasteiger charge is -2.25. The smallest absolute Gasteiger partial charge is 0.257 e. The van der Waals surface area contributed by atoms with Gasteiger partial charge in [-0.1, -0.05) is 5.21 Å². The lowest BCUT2D eigenvalue weighted by Crippen LogP contribution is -2.38. The van der Waals surface area contributed by atoms with E-state index in [1.54, 1.807) is 12.4 Å². The number of aromatic nitrogens is 5. The highest BCUT2D eigenvalue weighted by atomic mass is 16.2. The molecule has 0 radical (unpaired) electrons. The van der Waals surface area contributed by atoms with Crippen molar-refractivity contribution in [1.29, 1.82) is 0 Å². The van der Waals surface area contributed by atoms with Gasteiger partial charge in [0.25, 0.3) is 5.91 Å². The summed E-state index contributed by atoms with van der Waals surface area (Å²) in [4.78, 5) is 14.9. The summed E-state index contributed by atoms with van der Waals surface area (Å²) in [6, 6.07) is 0.202. The molecule has 0 unspecified atom stereocenters. The molecule has 4 heterocycles. The van der Waals surface area contributed by atoms with Crippen LogP contribution in [0.1, 0.15) is 41.7 Å². The molecule has 1 fully saturated rings. The Labute approximate surface area is 128 Å². The molecule has 0 aromatic carbocycles. The first-order valence-corrected chi connectivity index (χ1v) is 8.02. The third-order valence-corrected chi connectivity index (χ3v) is 4.72. The van der Waals surface area contributed by atoms with Gasteiger partial charge in [-0.05, 0) is 32.1 Å². The molecule has 1 amide bonds. The standard InChI is InChI=1S/C15H20N6O/c22-15(13-10-17-21-8-2-1-5-14(13)21)20-7-3-4-12(20)11-19-9-6-16-18-19/h6,9-10,12H,1-5,7-8,11H2/t12-/m0/s1. The Morgan fingerprint density at radius 1 is 1.27 bits per heavy atom. The second kappa shape index (κ2) is 5.55. The SMILES string of the molecule is O=C(c1cnn2c1CCCC2)N1CCC[C@H]1Cn1ccnn1. The predicted octanol–water partition coefficient (Wildman–Crippen LogP) is 1.12. The van der Waals surface area contributed by atoms with Crippen LogP contribution in [0.5, 0.6) is 0 Å². The van der Waals surface area contributed by atoms with E-state index >= 15 is 0 Å². The van der Waals surface area contributed by atoms with Crippen LogP contribution in [0.2, 0.25) is 0 Å². The van der Waals surface area contributed by atoms with Crippen molar-refractivity contribution in [3.63, 3.8) is 0 Å². The van der Waals surface area contributed by atoms with E-state index in [2.05, 4.69) is 15.4 Å². The van der Waals surface area contributed by atoms with Crippen molar-refractivity contribution in [2.45, 2.75) is 51.2 Å². The highest BCUT2D eigenvalue weighted by Crippen LogP contribution is 2.25. The van der Waals surface area contributed by atoms with Crippen LogP contribution < -0.4 is 0 Å². The summed E-state index contributed by atoms with van der Waals surface area (Å²) in [7, 11) is 0. The van der Waals surface area contributed by atoms with Crippen molar-refractivity contribution in [2.75, 3.05) is 6.54 Å². The molecule has 116 valence electrons. The topological polar surface area (TPSA) is 68.8 Å². The summed E-state index contributed by atoms with van der Waals surface area (Å²) in [5.74, 6) is 0.130. The van der Waals surface area contributed by atoms with Crippen molar-refractivity contribution in [3.8, 4) is 0 Å². The van der Waals surface area contributed by atoms with E-state index in [0.717, 1.165) is 63.0 Å². The van der Waals surface area contributed by atoms with Gasteiger partial charge in [-0.25, -0.2) is 0 Å². The number of aryl methyl sites for hydroxylation is 1. The first-order valence-electron chi connectivity index (χ1n) is 8.02. The van der Waals surface area contributed by atoms with E-state index in [0.29, 0.717) is 0 Å². The van der Waals surface area contributed by atoms with Crippen LogP contribution in [0.4, 0.5) is 0 Å². The maximum Gasteiger partial charge on any atom is 0.257 e. The van der Waals surface area contributed by atoms with E-state index < -0.39 is 0 Å². The summed E-state index contributed by atoms with van der Waals surface area (Å²) in [6.07, 6.45) is 10.6. The molecule has 1 atom stereocenters. The van der Waals surface area contributed by atoms with Crippen LogP contribution in [-0.2, 0) is 19.5 Å². The fourth-order valence-electron chi connectivity index (χ4n) is 3.59. The van der Waals surface area contributed by atoms with Crippen molar-refractivity contribution >= 4 is 5.91 Å². The number of rotatable bonds is 3. The van der Waals surface area contributed by atoms with Gasteiger partial charge < -0.3 is 4.90 Å². The summed E-state index contributed by atoms with van der Waals surface area (Å²) in [6.45, 7) is 2.48. The van der Waals surface area contributed by atoms with Gasteiger partial charge in [0.15, 0.2) is 0 Å². The van der Waals surface area contributed by atoms with Crippen molar-refractivity contribution < 1.29 is 4.79 Å². The normalized spacial score (nSPS) is 21.1. The summed E-state index contributed by atoms with van der Waals surface area (Å²) < 4.78 is 3.81. The molecule has 0 bridgehead atoms. The molecule has 2 aromatic heterocycles. The van der Waals surface area contributed by atoms with Gasteiger partial charge in [0.1, 0.15) is 0 Å². The number of fused-ring (bicyclic) bond motifs is 1. The maximum atomic E-state index is 12.9. The number of nitrogens with zero attached hydrogens (tertiary/aromatic N) is 6. The highest BCUT2D eigenvalue weighted by molar-refractivity contribution is 5.95. The van der Waals surface area contributed by atoms with E-state index in [4.69, 9.17) is 0 Å². The lowest BCUT2D eigenvalue weighted by atomic mass is 10.1. The Morgan fingerprint density at radius 3 is 3.09 bits per heavy atom. The van der Waals surface area contributed by atoms with Crippen LogP contribution in [0.15, 0.2) is 18.6 Å². The monoisotopic (exact) mass is 300 g/mol. The van der Waals surface area contributed by atoms with Crippen molar-refractivity contribution in [3.05, 3.63) is 29.8 Å². The second-order valence-electron chi connectivity index (χ2n) is 6.10. The molecule has 1 saturated heterocycles. The number of carbonyl (C=O) groups excluding carboxylic acids is 1. The molecular weight excluding hydrogens is 280 g/mol. The van der Waals surface area contributed by atoms with E-state index in [1.165, 1.54) is 0 Å². The van der Waals surface area contributed by atoms with E-state index in [9.17, 15) is 4.79 Å². The molecule has 0 aliphatic carbocycles. The molecule has 7 nitrogen and oxygen atoms in total. The zero-order chi connectivity index (χ0) is 14.9. The van der Waals surface area contributed by atoms with Gasteiger partial charge in [-0.2, -0.15) is 5.10 Å². The fourth-order valence-corrected chi connectivity index (χ4v) is 3.59. The summed E-state index contributed by atoms with van der Waals surface area (Å²) in [5, 5.41) is 12.2. The Balaban J connectivity index is 1.55. The van der Waals surface area contributed by atoms with Gasteiger partial charge in [0.05, 0.1) is 36.2 Å². The zero-order valence-corrected chi connectivity index (χ0v) is 12.6. The van der Waals surface area contributed by atoms with Gasteiger partial charge in [-0.3, -0.25) is 14.2 Å². The van der Waals surface area contributed by atoms with Crippen LogP contribution in [0, 0.1) is 0 Å². The third kappa shape index (κ3) is 2.30. The highest BCUT2D eigenvalue weighted by Gasteiger charge is 2.32. The van der Waals surface area contributed by atoms with Crippen LogP contribution in [0.3, 0.4) is 0 Å². The molecule has 7 heteroatoms. The number of amides is 1. The molecule has 2 aromatic rings. The molecule has 0 saturated carbocycles. The third-order valence-electron chi connectivity index (χ3n) is 4.72. The summed E-state index contributed by atoms with van der Waals surface area (Å²) >= 11 is 0. The molecule has 0 spiro atoms. The van der Waals surface area contributed by atoms with Gasteiger partial charge in [0, 0.05) is 19.3 Å². The second-order valence-corrected chi connectivity index (χ2v) is 6.10. The summed E-state index contributed by atoms with van der Waals surface area (Å²) in [5.41, 5.74) is 1.91. The van der Waals surface area contributed by atoms with Gasteiger partial charge in [-0.15, -0.1) is 5.10 Å². The number of hydrogen-bond acceptors (Lipinski definition) is 4. The minimum Gasteiger partial charge on any atom is -0.334 e. The molecule has 22 heavy (non-hydrogen) atoms. The average molecular weight is 300 g/mol. The first-order chi connectivity index (χ1) is 10.8. The fraction of sp³-hybridized carbons (Fsp3) is 0.600. The first kappa shape index (κ1) is 13.5. The van der Waals surface area contributed by atoms with Gasteiger partial charge >= 0.3 is 0 Å². The number of likely N-dealkylation sites (tertiary alicyclic amines) is 1. The Hall–Kier alpha value is -2.18. The zero-order valence-electron chi connectivity index (χ0n) is 12.6. The minimum absolute atomic E-state index is 0.130. The number of carbonyl (C=O) groups is 1. The Morgan fingerprint density at radius 2 is 2.23 bits per heavy atom. The quantitative estimate of drug-likeness (QED) is 0.851. The molecule has 4 rings (SSSR count). The van der Waals surface area contributed by atoms with E-state index in [1.807, 2.05) is 20.5 Å². The molecule has 0 N–H and O–H groups in total. The Bertz CT molecular complexity index is 662. The predicted molar refractivity (Wildman–Crippen MR) is 79.2 cm³/mol. The van der Waals surface area contributed by atoms with Crippen LogP contribution in [-0.4, -0.2) is 48.2 Å². The average Bonchev–Trinajstić information content (AvgIpc) is 3.27. The minimum atomic E-state index is 0.130. The molecule has 2 aliphatic rings. The van der Waals surface area contributed by atoms with Crippen molar-refractivity contribution in [1.82, 2.24) is 29.7 Å². The van der Waals surface area contributed by atoms with Crippen LogP contribution >= 0.6 is 0 Å². The molecular formula is C15H20N6O. The van der Waals surface area contributed by atoms with Crippen LogP contribution in [0.25, 0.3) is 0 Å². The largest absolute Gasteiger partial charge is 0.334 e. The number of hydrogen-bond donors (Lipinski definition) is 0. The maximum absolute atomic E-state index is 12.9. The lowest BCUT2D eigenvalue weighted by molar-refractivity contribution is 0.0719. The molecule has 2 aliphatic heterocycles.